The second-order valence-corrected chi connectivity index (χ2v) is 23.8. The zero-order valence-corrected chi connectivity index (χ0v) is 54.1. The largest absolute Gasteiger partial charge is 0.462 e. The van der Waals surface area contributed by atoms with Gasteiger partial charge in [-0.15, -0.1) is 0 Å². The van der Waals surface area contributed by atoms with E-state index in [0.29, 0.717) is 19.3 Å². The summed E-state index contributed by atoms with van der Waals surface area (Å²) in [5, 5.41) is 0. The predicted molar refractivity (Wildman–Crippen MR) is 353 cm³/mol. The fourth-order valence-corrected chi connectivity index (χ4v) is 10.3. The second kappa shape index (κ2) is 69.3. The van der Waals surface area contributed by atoms with Crippen molar-refractivity contribution in [2.45, 2.75) is 374 Å². The molecule has 0 aromatic rings. The molecule has 1 unspecified atom stereocenters. The quantitative estimate of drug-likeness (QED) is 0.0261. The second-order valence-electron chi connectivity index (χ2n) is 23.8. The minimum Gasteiger partial charge on any atom is -0.462 e. The van der Waals surface area contributed by atoms with Gasteiger partial charge in [0.05, 0.1) is 0 Å². The molecular weight excluding hydrogens is 997 g/mol. The number of hydrogen-bond donors (Lipinski definition) is 0. The van der Waals surface area contributed by atoms with Gasteiger partial charge in [0.1, 0.15) is 13.2 Å². The highest BCUT2D eigenvalue weighted by Crippen LogP contribution is 2.17. The number of carbonyl (C=O) groups is 3. The third kappa shape index (κ3) is 67.5. The monoisotopic (exact) mass is 1130 g/mol. The highest BCUT2D eigenvalue weighted by molar-refractivity contribution is 5.71. The van der Waals surface area contributed by atoms with Gasteiger partial charge in [-0.2, -0.15) is 0 Å². The first-order valence-electron chi connectivity index (χ1n) is 35.4. The van der Waals surface area contributed by atoms with Crippen molar-refractivity contribution in [3.05, 3.63) is 72.9 Å². The Morgan fingerprint density at radius 1 is 0.247 bits per heavy atom. The van der Waals surface area contributed by atoms with Crippen molar-refractivity contribution in [3.63, 3.8) is 0 Å². The van der Waals surface area contributed by atoms with E-state index in [0.717, 1.165) is 109 Å². The van der Waals surface area contributed by atoms with E-state index < -0.39 is 6.10 Å². The molecule has 0 N–H and O–H groups in total. The minimum absolute atomic E-state index is 0.0826. The van der Waals surface area contributed by atoms with Crippen molar-refractivity contribution >= 4 is 17.9 Å². The van der Waals surface area contributed by atoms with E-state index in [-0.39, 0.29) is 31.1 Å². The van der Waals surface area contributed by atoms with Crippen LogP contribution < -0.4 is 0 Å². The Balaban J connectivity index is 4.22. The molecule has 0 heterocycles. The first-order valence-corrected chi connectivity index (χ1v) is 35.4. The number of carbonyl (C=O) groups excluding carboxylic acids is 3. The third-order valence-electron chi connectivity index (χ3n) is 15.7. The van der Waals surface area contributed by atoms with Gasteiger partial charge in [0.25, 0.3) is 0 Å². The summed E-state index contributed by atoms with van der Waals surface area (Å²) >= 11 is 0. The van der Waals surface area contributed by atoms with E-state index >= 15 is 0 Å². The Hall–Kier alpha value is -3.15. The van der Waals surface area contributed by atoms with Gasteiger partial charge in [-0.3, -0.25) is 14.4 Å². The molecule has 0 aromatic carbocycles. The molecule has 0 rings (SSSR count). The lowest BCUT2D eigenvalue weighted by atomic mass is 10.0. The lowest BCUT2D eigenvalue weighted by Gasteiger charge is -2.18. The van der Waals surface area contributed by atoms with Crippen molar-refractivity contribution in [1.82, 2.24) is 0 Å². The Labute approximate surface area is 503 Å². The minimum atomic E-state index is -0.789. The summed E-state index contributed by atoms with van der Waals surface area (Å²) in [6.07, 6.45) is 90.8. The van der Waals surface area contributed by atoms with Crippen LogP contribution in [0.4, 0.5) is 0 Å². The molecule has 0 aliphatic carbocycles. The van der Waals surface area contributed by atoms with E-state index in [9.17, 15) is 14.4 Å². The van der Waals surface area contributed by atoms with Crippen LogP contribution in [0.25, 0.3) is 0 Å². The van der Waals surface area contributed by atoms with Crippen LogP contribution in [-0.2, 0) is 28.6 Å². The summed E-state index contributed by atoms with van der Waals surface area (Å²) in [5.74, 6) is -0.892. The highest BCUT2D eigenvalue weighted by Gasteiger charge is 2.19. The maximum atomic E-state index is 12.9. The van der Waals surface area contributed by atoms with Gasteiger partial charge in [0.15, 0.2) is 6.10 Å². The number of ether oxygens (including phenoxy) is 3. The van der Waals surface area contributed by atoms with E-state index in [1.807, 2.05) is 0 Å². The maximum Gasteiger partial charge on any atom is 0.306 e. The smallest absolute Gasteiger partial charge is 0.306 e. The van der Waals surface area contributed by atoms with Crippen LogP contribution in [0.1, 0.15) is 367 Å². The zero-order valence-electron chi connectivity index (χ0n) is 54.1. The summed E-state index contributed by atoms with van der Waals surface area (Å²) in [5.41, 5.74) is 0. The molecule has 0 saturated heterocycles. The molecule has 470 valence electrons. The van der Waals surface area contributed by atoms with Crippen molar-refractivity contribution in [3.8, 4) is 0 Å². The molecule has 0 aliphatic rings. The van der Waals surface area contributed by atoms with E-state index in [2.05, 4.69) is 93.7 Å². The Morgan fingerprint density at radius 3 is 0.691 bits per heavy atom. The van der Waals surface area contributed by atoms with Crippen LogP contribution in [-0.4, -0.2) is 37.2 Å². The van der Waals surface area contributed by atoms with E-state index in [4.69, 9.17) is 14.2 Å². The molecule has 0 aromatic heterocycles. The van der Waals surface area contributed by atoms with Gasteiger partial charge in [-0.05, 0) is 116 Å². The lowest BCUT2D eigenvalue weighted by Crippen LogP contribution is -2.30. The molecule has 1 atom stereocenters. The number of rotatable bonds is 65. The molecule has 0 bridgehead atoms. The van der Waals surface area contributed by atoms with Crippen molar-refractivity contribution < 1.29 is 28.6 Å². The molecule has 0 amide bonds. The first kappa shape index (κ1) is 77.9. The van der Waals surface area contributed by atoms with Gasteiger partial charge in [0.2, 0.25) is 0 Å². The molecule has 0 fully saturated rings. The zero-order chi connectivity index (χ0) is 58.5. The first-order chi connectivity index (χ1) is 40.0. The summed E-state index contributed by atoms with van der Waals surface area (Å²) in [6.45, 7) is 6.62. The number of unbranched alkanes of at least 4 members (excludes halogenated alkanes) is 42. The fourth-order valence-electron chi connectivity index (χ4n) is 10.3. The SMILES string of the molecule is CCCCCC/C=C\C/C=C\CCCCCCCC(=O)OCC(COC(=O)CCCCCCCCCCCCCCCCCCCCC/C=C\C/C=C\CCCCCCC)OC(=O)CCCCCCC/C=C\C/C=C\CCCCCC. The van der Waals surface area contributed by atoms with E-state index in [1.165, 1.54) is 218 Å². The van der Waals surface area contributed by atoms with Crippen LogP contribution in [0.3, 0.4) is 0 Å². The van der Waals surface area contributed by atoms with E-state index in [1.54, 1.807) is 0 Å². The topological polar surface area (TPSA) is 78.9 Å². The van der Waals surface area contributed by atoms with Crippen LogP contribution in [0.2, 0.25) is 0 Å². The average Bonchev–Trinajstić information content (AvgIpc) is 3.47. The van der Waals surface area contributed by atoms with Crippen LogP contribution >= 0.6 is 0 Å². The van der Waals surface area contributed by atoms with Crippen molar-refractivity contribution in [2.24, 2.45) is 0 Å². The number of esters is 3. The molecule has 0 spiro atoms. The van der Waals surface area contributed by atoms with Crippen LogP contribution in [0, 0.1) is 0 Å². The lowest BCUT2D eigenvalue weighted by molar-refractivity contribution is -0.167. The maximum absolute atomic E-state index is 12.9. The van der Waals surface area contributed by atoms with Crippen LogP contribution in [0.15, 0.2) is 72.9 Å². The molecule has 0 saturated carbocycles. The number of allylic oxidation sites excluding steroid dienone is 12. The Bertz CT molecular complexity index is 1490. The summed E-state index contributed by atoms with van der Waals surface area (Å²) < 4.78 is 17.0. The third-order valence-corrected chi connectivity index (χ3v) is 15.7. The predicted octanol–water partition coefficient (Wildman–Crippen LogP) is 24.4. The Kier molecular flexibility index (Phi) is 66.6. The Morgan fingerprint density at radius 2 is 0.444 bits per heavy atom. The number of hydrogen-bond acceptors (Lipinski definition) is 6. The van der Waals surface area contributed by atoms with Crippen molar-refractivity contribution in [2.75, 3.05) is 13.2 Å². The molecule has 6 heteroatoms. The summed E-state index contributed by atoms with van der Waals surface area (Å²) in [4.78, 5) is 38.4. The van der Waals surface area contributed by atoms with Crippen LogP contribution in [0.5, 0.6) is 0 Å². The molecule has 0 radical (unpaired) electrons. The average molecular weight is 1130 g/mol. The molecule has 6 nitrogen and oxygen atoms in total. The normalized spacial score (nSPS) is 12.5. The van der Waals surface area contributed by atoms with Crippen molar-refractivity contribution in [1.29, 1.82) is 0 Å². The van der Waals surface area contributed by atoms with Gasteiger partial charge in [-0.25, -0.2) is 0 Å². The highest BCUT2D eigenvalue weighted by atomic mass is 16.6. The fraction of sp³-hybridized carbons (Fsp3) is 0.800. The van der Waals surface area contributed by atoms with Gasteiger partial charge in [-0.1, -0.05) is 306 Å². The summed E-state index contributed by atoms with van der Waals surface area (Å²) in [7, 11) is 0. The molecule has 0 aliphatic heterocycles. The van der Waals surface area contributed by atoms with Gasteiger partial charge < -0.3 is 14.2 Å². The molecular formula is C75H134O6. The standard InChI is InChI=1S/C75H134O6/c1-4-7-10-13-16-19-22-25-28-31-32-33-34-35-36-37-38-39-40-41-42-43-44-45-48-50-53-56-59-62-65-68-74(77)80-71-72(81-75(78)69-66-63-60-57-54-51-47-30-27-24-21-18-15-12-9-6-3)70-79-73(76)67-64-61-58-55-52-49-46-29-26-23-20-17-14-11-8-5-2/h20-25,29-32,46-47,72H,4-19,26-28,33-45,48-71H2,1-3H3/b23-20-,24-21-,25-22-,32-31-,46-29-,47-30-. The summed E-state index contributed by atoms with van der Waals surface area (Å²) in [6, 6.07) is 0. The van der Waals surface area contributed by atoms with Gasteiger partial charge >= 0.3 is 17.9 Å². The molecule has 81 heavy (non-hydrogen) atoms. The van der Waals surface area contributed by atoms with Gasteiger partial charge in [0, 0.05) is 19.3 Å².